The van der Waals surface area contributed by atoms with Gasteiger partial charge in [0.1, 0.15) is 17.5 Å². The van der Waals surface area contributed by atoms with Gasteiger partial charge in [0.2, 0.25) is 0 Å². The van der Waals surface area contributed by atoms with Crippen molar-refractivity contribution in [2.24, 2.45) is 0 Å². The van der Waals surface area contributed by atoms with E-state index in [9.17, 15) is 18.0 Å². The molecule has 2 aliphatic rings. The highest BCUT2D eigenvalue weighted by atomic mass is 19.4. The van der Waals surface area contributed by atoms with Gasteiger partial charge in [-0.2, -0.15) is 13.2 Å². The number of likely N-dealkylation sites (tertiary alicyclic amines) is 1. The van der Waals surface area contributed by atoms with Gasteiger partial charge in [0.05, 0.1) is 11.1 Å². The van der Waals surface area contributed by atoms with Crippen LogP contribution in [-0.2, 0) is 10.9 Å². The van der Waals surface area contributed by atoms with Crippen LogP contribution < -0.4 is 15.0 Å². The summed E-state index contributed by atoms with van der Waals surface area (Å²) < 4.78 is 50.5. The van der Waals surface area contributed by atoms with Gasteiger partial charge in [0, 0.05) is 73.6 Å². The van der Waals surface area contributed by atoms with Crippen LogP contribution in [0.25, 0.3) is 16.6 Å². The Balaban J connectivity index is 1.14. The van der Waals surface area contributed by atoms with E-state index in [1.165, 1.54) is 12.1 Å². The number of benzene rings is 2. The van der Waals surface area contributed by atoms with Crippen molar-refractivity contribution in [1.82, 2.24) is 15.2 Å². The van der Waals surface area contributed by atoms with Gasteiger partial charge < -0.3 is 24.6 Å². The Kier molecular flexibility index (Phi) is 8.76. The van der Waals surface area contributed by atoms with Gasteiger partial charge in [-0.3, -0.25) is 4.98 Å². The Morgan fingerprint density at radius 3 is 2.26 bits per heavy atom. The smallest absolute Gasteiger partial charge is 0.416 e. The van der Waals surface area contributed by atoms with Gasteiger partial charge in [-0.25, -0.2) is 4.79 Å². The first kappa shape index (κ1) is 30.5. The largest absolute Gasteiger partial charge is 0.490 e. The van der Waals surface area contributed by atoms with Gasteiger partial charge in [0.25, 0.3) is 0 Å². The molecule has 3 aromatic rings. The number of rotatable bonds is 6. The quantitative estimate of drug-likeness (QED) is 0.323. The van der Waals surface area contributed by atoms with E-state index < -0.39 is 17.3 Å². The molecule has 7 nitrogen and oxygen atoms in total. The number of nitrogens with zero attached hydrogens (tertiary/aromatic N) is 3. The Morgan fingerprint density at radius 2 is 1.63 bits per heavy atom. The summed E-state index contributed by atoms with van der Waals surface area (Å²) in [6.45, 7) is 12.5. The number of amides is 1. The fourth-order valence-corrected chi connectivity index (χ4v) is 5.50. The number of aromatic nitrogens is 1. The van der Waals surface area contributed by atoms with Crippen LogP contribution in [0, 0.1) is 0 Å². The summed E-state index contributed by atoms with van der Waals surface area (Å²) in [5, 5.41) is 4.46. The lowest BCUT2D eigenvalue weighted by molar-refractivity contribution is -0.137. The van der Waals surface area contributed by atoms with E-state index in [2.05, 4.69) is 21.8 Å². The van der Waals surface area contributed by atoms with Crippen molar-refractivity contribution < 1.29 is 27.4 Å². The summed E-state index contributed by atoms with van der Waals surface area (Å²) in [5.41, 5.74) is 2.18. The highest BCUT2D eigenvalue weighted by Crippen LogP contribution is 2.32. The second-order valence-corrected chi connectivity index (χ2v) is 12.3. The molecular formula is C33H39F3N4O3. The third kappa shape index (κ3) is 7.91. The Hall–Kier alpha value is -3.95. The molecule has 10 heteroatoms. The van der Waals surface area contributed by atoms with E-state index in [-0.39, 0.29) is 18.2 Å². The molecule has 43 heavy (non-hydrogen) atoms. The Bertz CT molecular complexity index is 1440. The third-order valence-electron chi connectivity index (χ3n) is 7.83. The van der Waals surface area contributed by atoms with Crippen LogP contribution in [0.15, 0.2) is 61.3 Å². The second kappa shape index (κ2) is 12.3. The van der Waals surface area contributed by atoms with Gasteiger partial charge in [-0.05, 0) is 82.1 Å². The van der Waals surface area contributed by atoms with E-state index in [1.54, 1.807) is 4.90 Å². The summed E-state index contributed by atoms with van der Waals surface area (Å²) >= 11 is 0. The van der Waals surface area contributed by atoms with E-state index in [0.29, 0.717) is 26.2 Å². The van der Waals surface area contributed by atoms with Crippen molar-refractivity contribution in [3.05, 3.63) is 72.4 Å². The monoisotopic (exact) mass is 596 g/mol. The first-order chi connectivity index (χ1) is 20.3. The first-order valence-electron chi connectivity index (χ1n) is 14.8. The Labute approximate surface area is 250 Å². The van der Waals surface area contributed by atoms with Gasteiger partial charge in [-0.15, -0.1) is 0 Å². The predicted octanol–water partition coefficient (Wildman–Crippen LogP) is 7.26. The lowest BCUT2D eigenvalue weighted by atomic mass is 10.0. The second-order valence-electron chi connectivity index (χ2n) is 12.3. The number of anilines is 1. The summed E-state index contributed by atoms with van der Waals surface area (Å²) in [5.74, 6) is 0.757. The fourth-order valence-electron chi connectivity index (χ4n) is 5.50. The molecule has 3 heterocycles. The molecule has 2 saturated heterocycles. The molecule has 0 radical (unpaired) electrons. The van der Waals surface area contributed by atoms with E-state index in [1.807, 2.05) is 51.2 Å². The minimum absolute atomic E-state index is 0.0162. The number of hydrogen-bond donors (Lipinski definition) is 1. The van der Waals surface area contributed by atoms with E-state index in [0.717, 1.165) is 71.4 Å². The van der Waals surface area contributed by atoms with Crippen molar-refractivity contribution in [1.29, 1.82) is 0 Å². The lowest BCUT2D eigenvalue weighted by Gasteiger charge is -2.34. The van der Waals surface area contributed by atoms with E-state index in [4.69, 9.17) is 9.47 Å². The number of alkyl halides is 3. The maximum atomic E-state index is 12.9. The number of nitrogens with one attached hydrogen (secondary N) is 1. The van der Waals surface area contributed by atoms with Crippen molar-refractivity contribution in [3.63, 3.8) is 0 Å². The summed E-state index contributed by atoms with van der Waals surface area (Å²) in [6.07, 6.45) is 0.362. The summed E-state index contributed by atoms with van der Waals surface area (Å²) in [6, 6.07) is 13.4. The van der Waals surface area contributed by atoms with Crippen LogP contribution >= 0.6 is 0 Å². The number of pyridine rings is 1. The molecule has 0 bridgehead atoms. The maximum Gasteiger partial charge on any atom is 0.416 e. The Morgan fingerprint density at radius 1 is 0.953 bits per heavy atom. The van der Waals surface area contributed by atoms with Crippen LogP contribution in [-0.4, -0.2) is 59.9 Å². The highest BCUT2D eigenvalue weighted by Gasteiger charge is 2.31. The molecule has 2 aromatic carbocycles. The third-order valence-corrected chi connectivity index (χ3v) is 7.83. The lowest BCUT2D eigenvalue weighted by Crippen LogP contribution is -2.46. The summed E-state index contributed by atoms with van der Waals surface area (Å²) in [4.78, 5) is 20.8. The molecule has 1 amide bonds. The fraction of sp³-hybridized carbons (Fsp3) is 0.455. The molecule has 230 valence electrons. The molecule has 2 aliphatic heterocycles. The first-order valence-corrected chi connectivity index (χ1v) is 14.8. The number of ether oxygens (including phenoxy) is 2. The molecule has 0 atom stereocenters. The van der Waals surface area contributed by atoms with E-state index >= 15 is 0 Å². The standard InChI is InChI=1S/C33H39F3N4O3/c1-22(38-26-11-15-40(16-12-26)31(41)43-32(2,3)4)24-19-23-20-29(9-10-30(23)37-21-24)42-28-13-17-39(18-14-28)27-7-5-25(6-8-27)33(34,35)36/h5-10,19-21,26,28,38H,1,11-18H2,2-4H3. The van der Waals surface area contributed by atoms with Crippen LogP contribution in [0.4, 0.5) is 23.7 Å². The highest BCUT2D eigenvalue weighted by molar-refractivity contribution is 5.83. The van der Waals surface area contributed by atoms with Gasteiger partial charge in [-0.1, -0.05) is 6.58 Å². The average Bonchev–Trinajstić information content (AvgIpc) is 2.96. The van der Waals surface area contributed by atoms with Crippen molar-refractivity contribution in [2.45, 2.75) is 70.4 Å². The zero-order chi connectivity index (χ0) is 30.8. The van der Waals surface area contributed by atoms with Crippen molar-refractivity contribution >= 4 is 28.4 Å². The van der Waals surface area contributed by atoms with Gasteiger partial charge >= 0.3 is 12.3 Å². The van der Waals surface area contributed by atoms with Crippen LogP contribution in [0.3, 0.4) is 0 Å². The molecule has 2 fully saturated rings. The minimum Gasteiger partial charge on any atom is -0.490 e. The van der Waals surface area contributed by atoms with Crippen LogP contribution in [0.5, 0.6) is 5.75 Å². The summed E-state index contributed by atoms with van der Waals surface area (Å²) in [7, 11) is 0. The maximum absolute atomic E-state index is 12.9. The van der Waals surface area contributed by atoms with Crippen molar-refractivity contribution in [2.75, 3.05) is 31.1 Å². The molecule has 0 unspecified atom stereocenters. The van der Waals surface area contributed by atoms with Crippen LogP contribution in [0.1, 0.15) is 57.6 Å². The van der Waals surface area contributed by atoms with Crippen molar-refractivity contribution in [3.8, 4) is 5.75 Å². The molecular weight excluding hydrogens is 557 g/mol. The number of hydrogen-bond acceptors (Lipinski definition) is 6. The number of carbonyl (C=O) groups is 1. The predicted molar refractivity (Wildman–Crippen MR) is 162 cm³/mol. The molecule has 0 saturated carbocycles. The molecule has 1 N–H and O–H groups in total. The number of carbonyl (C=O) groups excluding carboxylic acids is 1. The zero-order valence-corrected chi connectivity index (χ0v) is 24.9. The van der Waals surface area contributed by atoms with Gasteiger partial charge in [0.15, 0.2) is 0 Å². The number of halogens is 3. The molecule has 1 aromatic heterocycles. The zero-order valence-electron chi connectivity index (χ0n) is 24.9. The molecule has 0 aliphatic carbocycles. The number of fused-ring (bicyclic) bond motifs is 1. The topological polar surface area (TPSA) is 66.9 Å². The minimum atomic E-state index is -4.33. The normalized spacial score (nSPS) is 17.2. The SMILES string of the molecule is C=C(NC1CCN(C(=O)OC(C)(C)C)CC1)c1cnc2ccc(OC3CCN(c4ccc(C(F)(F)F)cc4)CC3)cc2c1. The number of piperidine rings is 2. The molecule has 5 rings (SSSR count). The van der Waals surface area contributed by atoms with Crippen LogP contribution in [0.2, 0.25) is 0 Å². The molecule has 0 spiro atoms. The average molecular weight is 597 g/mol.